The molecule has 1 saturated heterocycles. The lowest BCUT2D eigenvalue weighted by Crippen LogP contribution is -2.49. The molecule has 0 radical (unpaired) electrons. The van der Waals surface area contributed by atoms with Crippen LogP contribution in [0.15, 0.2) is 18.3 Å². The van der Waals surface area contributed by atoms with Crippen molar-refractivity contribution >= 4 is 5.82 Å². The fraction of sp³-hybridized carbons (Fsp3) is 0.643. The summed E-state index contributed by atoms with van der Waals surface area (Å²) in [6.07, 6.45) is 1.30. The smallest absolute Gasteiger partial charge is 0.387 e. The summed E-state index contributed by atoms with van der Waals surface area (Å²) in [7, 11) is 2.13. The Morgan fingerprint density at radius 3 is 2.57 bits per heavy atom. The Hall–Kier alpha value is -1.47. The lowest BCUT2D eigenvalue weighted by Gasteiger charge is -2.36. The van der Waals surface area contributed by atoms with Crippen LogP contribution in [0.2, 0.25) is 0 Å². The fourth-order valence-corrected chi connectivity index (χ4v) is 2.30. The van der Waals surface area contributed by atoms with Crippen molar-refractivity contribution in [2.24, 2.45) is 0 Å². The third-order valence-electron chi connectivity index (χ3n) is 3.70. The minimum Gasteiger partial charge on any atom is -0.433 e. The molecular weight excluding hydrogens is 278 g/mol. The van der Waals surface area contributed by atoms with E-state index in [-0.39, 0.29) is 5.75 Å². The van der Waals surface area contributed by atoms with Gasteiger partial charge in [-0.25, -0.2) is 4.98 Å². The Balaban J connectivity index is 1.77. The average molecular weight is 300 g/mol. The molecule has 2 rings (SSSR count). The monoisotopic (exact) mass is 300 g/mol. The summed E-state index contributed by atoms with van der Waals surface area (Å²) < 4.78 is 28.3. The van der Waals surface area contributed by atoms with Crippen molar-refractivity contribution in [2.75, 3.05) is 45.1 Å². The third kappa shape index (κ3) is 5.09. The molecule has 1 fully saturated rings. The topological polar surface area (TPSA) is 40.6 Å². The maximum absolute atomic E-state index is 12.0. The van der Waals surface area contributed by atoms with Crippen LogP contribution in [0, 0.1) is 0 Å². The summed E-state index contributed by atoms with van der Waals surface area (Å²) in [5.41, 5.74) is 0. The number of nitrogens with zero attached hydrogens (tertiary/aromatic N) is 3. The normalized spacial score (nSPS) is 18.7. The molecule has 1 atom stereocenters. The SMILES string of the molecule is C[C@@H](CNc1ccc(OC(F)F)cn1)N1CCN(C)CC1. The highest BCUT2D eigenvalue weighted by atomic mass is 19.3. The van der Waals surface area contributed by atoms with Crippen LogP contribution in [-0.2, 0) is 0 Å². The summed E-state index contributed by atoms with van der Waals surface area (Å²) in [5, 5.41) is 3.22. The molecule has 0 aliphatic carbocycles. The highest BCUT2D eigenvalue weighted by Gasteiger charge is 2.18. The lowest BCUT2D eigenvalue weighted by molar-refractivity contribution is -0.0500. The number of aromatic nitrogens is 1. The minimum absolute atomic E-state index is 0.0719. The predicted molar refractivity (Wildman–Crippen MR) is 77.9 cm³/mol. The van der Waals surface area contributed by atoms with E-state index in [2.05, 4.69) is 38.8 Å². The van der Waals surface area contributed by atoms with Crippen LogP contribution in [0.25, 0.3) is 0 Å². The fourth-order valence-electron chi connectivity index (χ4n) is 2.30. The van der Waals surface area contributed by atoms with Crippen molar-refractivity contribution in [1.29, 1.82) is 0 Å². The van der Waals surface area contributed by atoms with Crippen LogP contribution >= 0.6 is 0 Å². The number of piperazine rings is 1. The molecule has 118 valence electrons. The number of nitrogens with one attached hydrogen (secondary N) is 1. The average Bonchev–Trinajstić information content (AvgIpc) is 2.46. The zero-order valence-corrected chi connectivity index (χ0v) is 12.4. The minimum atomic E-state index is -2.82. The molecule has 0 unspecified atom stereocenters. The Morgan fingerprint density at radius 1 is 1.29 bits per heavy atom. The molecule has 0 spiro atoms. The first kappa shape index (κ1) is 15.9. The molecule has 1 N–H and O–H groups in total. The Labute approximate surface area is 123 Å². The molecule has 0 amide bonds. The first-order valence-corrected chi connectivity index (χ1v) is 7.12. The third-order valence-corrected chi connectivity index (χ3v) is 3.70. The molecule has 0 bridgehead atoms. The van der Waals surface area contributed by atoms with Gasteiger partial charge in [0.1, 0.15) is 11.6 Å². The zero-order valence-electron chi connectivity index (χ0n) is 12.4. The van der Waals surface area contributed by atoms with Crippen LogP contribution < -0.4 is 10.1 Å². The Kier molecular flexibility index (Phi) is 5.69. The van der Waals surface area contributed by atoms with E-state index in [4.69, 9.17) is 0 Å². The molecule has 0 aromatic carbocycles. The van der Waals surface area contributed by atoms with Gasteiger partial charge >= 0.3 is 6.61 Å². The number of rotatable bonds is 6. The summed E-state index contributed by atoms with van der Waals surface area (Å²) >= 11 is 0. The zero-order chi connectivity index (χ0) is 15.2. The van der Waals surface area contributed by atoms with Gasteiger partial charge in [0, 0.05) is 38.8 Å². The number of likely N-dealkylation sites (N-methyl/N-ethyl adjacent to an activating group) is 1. The maximum Gasteiger partial charge on any atom is 0.387 e. The van der Waals surface area contributed by atoms with E-state index < -0.39 is 6.61 Å². The predicted octanol–water partition coefficient (Wildman–Crippen LogP) is 1.73. The van der Waals surface area contributed by atoms with Crippen LogP contribution in [0.5, 0.6) is 5.75 Å². The van der Waals surface area contributed by atoms with E-state index in [1.54, 1.807) is 6.07 Å². The van der Waals surface area contributed by atoms with E-state index in [9.17, 15) is 8.78 Å². The van der Waals surface area contributed by atoms with Crippen molar-refractivity contribution in [2.45, 2.75) is 19.6 Å². The van der Waals surface area contributed by atoms with Crippen molar-refractivity contribution in [3.05, 3.63) is 18.3 Å². The molecule has 1 aliphatic heterocycles. The summed E-state index contributed by atoms with van der Waals surface area (Å²) in [5.74, 6) is 0.736. The second-order valence-electron chi connectivity index (χ2n) is 5.33. The number of alkyl halides is 2. The van der Waals surface area contributed by atoms with Crippen LogP contribution in [-0.4, -0.2) is 67.2 Å². The van der Waals surface area contributed by atoms with Gasteiger partial charge in [0.05, 0.1) is 6.20 Å². The largest absolute Gasteiger partial charge is 0.433 e. The van der Waals surface area contributed by atoms with Gasteiger partial charge in [0.15, 0.2) is 0 Å². The van der Waals surface area contributed by atoms with Gasteiger partial charge in [-0.1, -0.05) is 0 Å². The van der Waals surface area contributed by atoms with E-state index in [1.165, 1.54) is 12.3 Å². The molecule has 21 heavy (non-hydrogen) atoms. The quantitative estimate of drug-likeness (QED) is 0.866. The second kappa shape index (κ2) is 7.51. The number of hydrogen-bond acceptors (Lipinski definition) is 5. The molecule has 5 nitrogen and oxygen atoms in total. The van der Waals surface area contributed by atoms with Crippen molar-refractivity contribution in [1.82, 2.24) is 14.8 Å². The van der Waals surface area contributed by atoms with Gasteiger partial charge in [-0.15, -0.1) is 0 Å². The molecule has 1 aromatic heterocycles. The van der Waals surface area contributed by atoms with Gasteiger partial charge < -0.3 is 15.0 Å². The van der Waals surface area contributed by atoms with Crippen LogP contribution in [0.1, 0.15) is 6.92 Å². The molecule has 1 aromatic rings. The summed E-state index contributed by atoms with van der Waals surface area (Å²) in [4.78, 5) is 8.82. The molecule has 1 aliphatic rings. The maximum atomic E-state index is 12.0. The number of pyridine rings is 1. The second-order valence-corrected chi connectivity index (χ2v) is 5.33. The molecular formula is C14H22F2N4O. The van der Waals surface area contributed by atoms with E-state index in [0.717, 1.165) is 32.7 Å². The molecule has 7 heteroatoms. The van der Waals surface area contributed by atoms with E-state index in [1.807, 2.05) is 0 Å². The molecule has 0 saturated carbocycles. The summed E-state index contributed by atoms with van der Waals surface area (Å²) in [6.45, 7) is 4.42. The number of anilines is 1. The summed E-state index contributed by atoms with van der Waals surface area (Å²) in [6, 6.07) is 3.54. The van der Waals surface area contributed by atoms with Gasteiger partial charge in [0.2, 0.25) is 0 Å². The number of ether oxygens (including phenoxy) is 1. The number of halogens is 2. The van der Waals surface area contributed by atoms with Crippen molar-refractivity contribution in [3.63, 3.8) is 0 Å². The highest BCUT2D eigenvalue weighted by molar-refractivity contribution is 5.37. The number of hydrogen-bond donors (Lipinski definition) is 1. The van der Waals surface area contributed by atoms with Crippen molar-refractivity contribution < 1.29 is 13.5 Å². The van der Waals surface area contributed by atoms with Crippen molar-refractivity contribution in [3.8, 4) is 5.75 Å². The van der Waals surface area contributed by atoms with Gasteiger partial charge in [0.25, 0.3) is 0 Å². The molecule has 2 heterocycles. The Morgan fingerprint density at radius 2 is 2.00 bits per heavy atom. The highest BCUT2D eigenvalue weighted by Crippen LogP contribution is 2.15. The first-order valence-electron chi connectivity index (χ1n) is 7.12. The standard InChI is InChI=1S/C14H22F2N4O/c1-11(20-7-5-19(2)6-8-20)9-17-13-4-3-12(10-18-13)21-14(15)16/h3-4,10-11,14H,5-9H2,1-2H3,(H,17,18)/t11-/m0/s1. The van der Waals surface area contributed by atoms with Crippen LogP contribution in [0.3, 0.4) is 0 Å². The van der Waals surface area contributed by atoms with Gasteiger partial charge in [-0.05, 0) is 26.1 Å². The first-order chi connectivity index (χ1) is 10.0. The van der Waals surface area contributed by atoms with E-state index >= 15 is 0 Å². The van der Waals surface area contributed by atoms with E-state index in [0.29, 0.717) is 11.9 Å². The van der Waals surface area contributed by atoms with Gasteiger partial charge in [-0.3, -0.25) is 4.90 Å². The van der Waals surface area contributed by atoms with Crippen LogP contribution in [0.4, 0.5) is 14.6 Å². The Bertz CT molecular complexity index is 421. The lowest BCUT2D eigenvalue weighted by atomic mass is 10.2. The van der Waals surface area contributed by atoms with Gasteiger partial charge in [-0.2, -0.15) is 8.78 Å².